The fraction of sp³-hybridized carbons (Fsp3) is 0.300. The molecule has 136 valence electrons. The van der Waals surface area contributed by atoms with Gasteiger partial charge in [0.15, 0.2) is 0 Å². The fourth-order valence-electron chi connectivity index (χ4n) is 3.03. The zero-order valence-electron chi connectivity index (χ0n) is 14.1. The van der Waals surface area contributed by atoms with Crippen LogP contribution in [0.4, 0.5) is 0 Å². The van der Waals surface area contributed by atoms with Crippen molar-refractivity contribution in [2.24, 2.45) is 0 Å². The Balaban J connectivity index is 1.67. The van der Waals surface area contributed by atoms with Crippen LogP contribution in [0.15, 0.2) is 48.5 Å². The minimum Gasteiger partial charge on any atom is -0.487 e. The van der Waals surface area contributed by atoms with Gasteiger partial charge in [0.05, 0.1) is 11.1 Å². The maximum Gasteiger partial charge on any atom is 0.335 e. The number of carboxylic acids is 2. The van der Waals surface area contributed by atoms with Crippen molar-refractivity contribution in [3.05, 3.63) is 59.7 Å². The van der Waals surface area contributed by atoms with Crippen LogP contribution in [0.5, 0.6) is 11.5 Å². The maximum atomic E-state index is 10.9. The Morgan fingerprint density at radius 3 is 1.35 bits per heavy atom. The van der Waals surface area contributed by atoms with Crippen molar-refractivity contribution in [3.8, 4) is 11.5 Å². The molecule has 1 saturated carbocycles. The van der Waals surface area contributed by atoms with Crippen molar-refractivity contribution in [1.82, 2.24) is 0 Å². The summed E-state index contributed by atoms with van der Waals surface area (Å²) in [5.74, 6) is -0.728. The predicted octanol–water partition coefficient (Wildman–Crippen LogP) is 3.85. The van der Waals surface area contributed by atoms with Gasteiger partial charge in [-0.25, -0.2) is 9.59 Å². The summed E-state index contributed by atoms with van der Waals surface area (Å²) < 4.78 is 12.0. The summed E-state index contributed by atoms with van der Waals surface area (Å²) in [5.41, 5.74) is 0.430. The average Bonchev–Trinajstić information content (AvgIpc) is 2.64. The number of hydrogen-bond acceptors (Lipinski definition) is 4. The summed E-state index contributed by atoms with van der Waals surface area (Å²) in [7, 11) is 0. The van der Waals surface area contributed by atoms with E-state index in [1.807, 2.05) is 0 Å². The second-order valence-electron chi connectivity index (χ2n) is 6.26. The summed E-state index contributed by atoms with van der Waals surface area (Å²) in [6.07, 6.45) is 3.49. The van der Waals surface area contributed by atoms with Gasteiger partial charge in [0.2, 0.25) is 0 Å². The molecule has 0 spiro atoms. The van der Waals surface area contributed by atoms with E-state index in [4.69, 9.17) is 19.7 Å². The van der Waals surface area contributed by atoms with Crippen molar-refractivity contribution < 1.29 is 29.3 Å². The van der Waals surface area contributed by atoms with E-state index in [-0.39, 0.29) is 23.3 Å². The topological polar surface area (TPSA) is 93.1 Å². The molecule has 2 N–H and O–H groups in total. The second-order valence-corrected chi connectivity index (χ2v) is 6.26. The van der Waals surface area contributed by atoms with E-state index in [0.29, 0.717) is 11.5 Å². The quantitative estimate of drug-likeness (QED) is 0.816. The Labute approximate surface area is 151 Å². The molecule has 0 unspecified atom stereocenters. The largest absolute Gasteiger partial charge is 0.487 e. The molecule has 1 fully saturated rings. The van der Waals surface area contributed by atoms with Gasteiger partial charge >= 0.3 is 11.9 Å². The molecule has 0 aromatic heterocycles. The second kappa shape index (κ2) is 7.91. The van der Waals surface area contributed by atoms with Gasteiger partial charge in [-0.1, -0.05) is 0 Å². The van der Waals surface area contributed by atoms with Crippen molar-refractivity contribution in [3.63, 3.8) is 0 Å². The van der Waals surface area contributed by atoms with Crippen molar-refractivity contribution in [1.29, 1.82) is 0 Å². The molecule has 0 heterocycles. The standard InChI is InChI=1S/C20H20O6/c21-19(22)13-5-9-15(10-6-13)25-17-3-1-2-4-18(17)26-16-11-7-14(8-12-16)20(23)24/h5-12,17-18H,1-4H2,(H,21,22)(H,23,24)/t17-,18-/m1/s1. The average molecular weight is 356 g/mol. The number of ether oxygens (including phenoxy) is 2. The Morgan fingerprint density at radius 2 is 1.04 bits per heavy atom. The van der Waals surface area contributed by atoms with Gasteiger partial charge in [0.1, 0.15) is 23.7 Å². The lowest BCUT2D eigenvalue weighted by molar-refractivity contribution is 0.0231. The van der Waals surface area contributed by atoms with E-state index in [1.54, 1.807) is 24.3 Å². The smallest absolute Gasteiger partial charge is 0.335 e. The molecule has 2 aromatic rings. The van der Waals surface area contributed by atoms with Crippen LogP contribution < -0.4 is 9.47 Å². The van der Waals surface area contributed by atoms with Gasteiger partial charge < -0.3 is 19.7 Å². The minimum atomic E-state index is -0.972. The first-order valence-electron chi connectivity index (χ1n) is 8.53. The lowest BCUT2D eigenvalue weighted by atomic mass is 9.94. The molecule has 0 radical (unpaired) electrons. The lowest BCUT2D eigenvalue weighted by Gasteiger charge is -2.32. The van der Waals surface area contributed by atoms with Crippen LogP contribution in [0, 0.1) is 0 Å². The highest BCUT2D eigenvalue weighted by molar-refractivity contribution is 5.88. The van der Waals surface area contributed by atoms with Crippen LogP contribution in [-0.4, -0.2) is 34.4 Å². The van der Waals surface area contributed by atoms with Crippen LogP contribution in [0.1, 0.15) is 46.4 Å². The van der Waals surface area contributed by atoms with Crippen LogP contribution in [0.25, 0.3) is 0 Å². The molecule has 2 atom stereocenters. The Bertz CT molecular complexity index is 698. The molecule has 0 saturated heterocycles. The van der Waals surface area contributed by atoms with Crippen molar-refractivity contribution >= 4 is 11.9 Å². The lowest BCUT2D eigenvalue weighted by Crippen LogP contribution is -2.39. The summed E-state index contributed by atoms with van der Waals surface area (Å²) in [4.78, 5) is 21.9. The molecule has 26 heavy (non-hydrogen) atoms. The molecule has 6 heteroatoms. The first kappa shape index (κ1) is 17.8. The molecule has 3 rings (SSSR count). The van der Waals surface area contributed by atoms with Crippen LogP contribution in [0.2, 0.25) is 0 Å². The number of carboxylic acid groups (broad SMARTS) is 2. The van der Waals surface area contributed by atoms with E-state index in [0.717, 1.165) is 25.7 Å². The molecule has 2 aromatic carbocycles. The third kappa shape index (κ3) is 4.33. The Hall–Kier alpha value is -3.02. The normalized spacial score (nSPS) is 19.5. The number of benzene rings is 2. The number of carbonyl (C=O) groups is 2. The van der Waals surface area contributed by atoms with Gasteiger partial charge in [-0.05, 0) is 74.2 Å². The molecule has 0 bridgehead atoms. The molecule has 0 amide bonds. The fourth-order valence-corrected chi connectivity index (χ4v) is 3.03. The molecule has 1 aliphatic carbocycles. The zero-order valence-corrected chi connectivity index (χ0v) is 14.1. The number of rotatable bonds is 6. The van der Waals surface area contributed by atoms with Crippen LogP contribution in [-0.2, 0) is 0 Å². The third-order valence-electron chi connectivity index (χ3n) is 4.42. The van der Waals surface area contributed by atoms with Crippen molar-refractivity contribution in [2.45, 2.75) is 37.9 Å². The van der Waals surface area contributed by atoms with Gasteiger partial charge in [0, 0.05) is 0 Å². The van der Waals surface area contributed by atoms with E-state index in [9.17, 15) is 9.59 Å². The highest BCUT2D eigenvalue weighted by atomic mass is 16.5. The summed E-state index contributed by atoms with van der Waals surface area (Å²) in [6.45, 7) is 0. The summed E-state index contributed by atoms with van der Waals surface area (Å²) in [5, 5.41) is 17.9. The van der Waals surface area contributed by atoms with Gasteiger partial charge in [-0.15, -0.1) is 0 Å². The molecule has 1 aliphatic rings. The number of hydrogen-bond donors (Lipinski definition) is 2. The van der Waals surface area contributed by atoms with E-state index in [1.165, 1.54) is 24.3 Å². The molecule has 6 nitrogen and oxygen atoms in total. The summed E-state index contributed by atoms with van der Waals surface area (Å²) in [6, 6.07) is 12.7. The molecule has 0 aliphatic heterocycles. The summed E-state index contributed by atoms with van der Waals surface area (Å²) >= 11 is 0. The van der Waals surface area contributed by atoms with Gasteiger partial charge in [0.25, 0.3) is 0 Å². The monoisotopic (exact) mass is 356 g/mol. The molecular formula is C20H20O6. The van der Waals surface area contributed by atoms with Gasteiger partial charge in [-0.2, -0.15) is 0 Å². The predicted molar refractivity (Wildman–Crippen MR) is 94.1 cm³/mol. The maximum absolute atomic E-state index is 10.9. The van der Waals surface area contributed by atoms with Crippen molar-refractivity contribution in [2.75, 3.05) is 0 Å². The first-order chi connectivity index (χ1) is 12.5. The third-order valence-corrected chi connectivity index (χ3v) is 4.42. The minimum absolute atomic E-state index is 0.140. The number of aromatic carboxylic acids is 2. The highest BCUT2D eigenvalue weighted by Gasteiger charge is 2.28. The van der Waals surface area contributed by atoms with Crippen LogP contribution >= 0.6 is 0 Å². The zero-order chi connectivity index (χ0) is 18.5. The van der Waals surface area contributed by atoms with E-state index < -0.39 is 11.9 Å². The molecular weight excluding hydrogens is 336 g/mol. The first-order valence-corrected chi connectivity index (χ1v) is 8.53. The SMILES string of the molecule is O=C(O)c1ccc(O[C@@H]2CCCC[C@H]2Oc2ccc(C(=O)O)cc2)cc1. The van der Waals surface area contributed by atoms with E-state index in [2.05, 4.69) is 0 Å². The Morgan fingerprint density at radius 1 is 0.692 bits per heavy atom. The van der Waals surface area contributed by atoms with E-state index >= 15 is 0 Å². The highest BCUT2D eigenvalue weighted by Crippen LogP contribution is 2.28. The van der Waals surface area contributed by atoms with Gasteiger partial charge in [-0.3, -0.25) is 0 Å². The Kier molecular flexibility index (Phi) is 5.41. The van der Waals surface area contributed by atoms with Crippen LogP contribution in [0.3, 0.4) is 0 Å².